The maximum atomic E-state index is 13.5. The van der Waals surface area contributed by atoms with Crippen LogP contribution in [0.1, 0.15) is 20.3 Å². The number of nitrogens with two attached hydrogens (primary N) is 1. The van der Waals surface area contributed by atoms with Gasteiger partial charge in [-0.2, -0.15) is 0 Å². The molecule has 1 unspecified atom stereocenters. The molecule has 3 N–H and O–H groups in total. The van der Waals surface area contributed by atoms with Gasteiger partial charge in [-0.25, -0.2) is 17.5 Å². The van der Waals surface area contributed by atoms with Crippen molar-refractivity contribution in [3.63, 3.8) is 0 Å². The SMILES string of the molecule is CC(C)C(CCN)NS(=O)(=O)c1ccccc1F. The Morgan fingerprint density at radius 1 is 1.33 bits per heavy atom. The second-order valence-corrected chi connectivity index (χ2v) is 6.16. The summed E-state index contributed by atoms with van der Waals surface area (Å²) < 4.78 is 40.1. The van der Waals surface area contributed by atoms with Crippen LogP contribution in [0.15, 0.2) is 29.2 Å². The molecule has 6 heteroatoms. The van der Waals surface area contributed by atoms with Gasteiger partial charge in [0, 0.05) is 6.04 Å². The Bertz CT molecular complexity index is 489. The van der Waals surface area contributed by atoms with Gasteiger partial charge in [-0.1, -0.05) is 26.0 Å². The highest BCUT2D eigenvalue weighted by molar-refractivity contribution is 7.89. The van der Waals surface area contributed by atoms with Crippen molar-refractivity contribution in [2.75, 3.05) is 6.54 Å². The molecule has 1 aromatic rings. The number of hydrogen-bond donors (Lipinski definition) is 2. The molecular formula is C12H19FN2O2S. The van der Waals surface area contributed by atoms with Crippen LogP contribution in [-0.2, 0) is 10.0 Å². The van der Waals surface area contributed by atoms with E-state index in [2.05, 4.69) is 4.72 Å². The molecule has 0 aliphatic heterocycles. The van der Waals surface area contributed by atoms with Gasteiger partial charge in [0.2, 0.25) is 10.0 Å². The molecule has 0 radical (unpaired) electrons. The minimum absolute atomic E-state index is 0.0927. The van der Waals surface area contributed by atoms with E-state index in [0.717, 1.165) is 6.07 Å². The second-order valence-electron chi connectivity index (χ2n) is 4.48. The lowest BCUT2D eigenvalue weighted by Gasteiger charge is -2.21. The van der Waals surface area contributed by atoms with Gasteiger partial charge in [-0.15, -0.1) is 0 Å². The minimum Gasteiger partial charge on any atom is -0.330 e. The van der Waals surface area contributed by atoms with E-state index >= 15 is 0 Å². The Balaban J connectivity index is 2.97. The molecule has 0 saturated heterocycles. The first-order valence-electron chi connectivity index (χ1n) is 5.85. The fourth-order valence-corrected chi connectivity index (χ4v) is 3.13. The Labute approximate surface area is 107 Å². The molecule has 0 aliphatic rings. The smallest absolute Gasteiger partial charge is 0.243 e. The molecule has 0 aliphatic carbocycles. The largest absolute Gasteiger partial charge is 0.330 e. The maximum Gasteiger partial charge on any atom is 0.243 e. The summed E-state index contributed by atoms with van der Waals surface area (Å²) in [6, 6.07) is 5.03. The number of hydrogen-bond acceptors (Lipinski definition) is 3. The second kappa shape index (κ2) is 6.26. The number of benzene rings is 1. The Kier molecular flexibility index (Phi) is 5.25. The van der Waals surface area contributed by atoms with E-state index < -0.39 is 15.8 Å². The van der Waals surface area contributed by atoms with Crippen molar-refractivity contribution in [1.29, 1.82) is 0 Å². The van der Waals surface area contributed by atoms with Crippen LogP contribution in [0.5, 0.6) is 0 Å². The average molecular weight is 274 g/mol. The third-order valence-electron chi connectivity index (χ3n) is 2.72. The molecule has 0 aromatic heterocycles. The van der Waals surface area contributed by atoms with E-state index in [-0.39, 0.29) is 16.9 Å². The molecule has 0 amide bonds. The number of sulfonamides is 1. The molecule has 1 atom stereocenters. The molecule has 102 valence electrons. The summed E-state index contributed by atoms with van der Waals surface area (Å²) in [6.45, 7) is 4.16. The van der Waals surface area contributed by atoms with Crippen LogP contribution in [0.2, 0.25) is 0 Å². The molecule has 0 spiro atoms. The van der Waals surface area contributed by atoms with Gasteiger partial charge in [-0.05, 0) is 31.0 Å². The van der Waals surface area contributed by atoms with Crippen molar-refractivity contribution in [3.05, 3.63) is 30.1 Å². The van der Waals surface area contributed by atoms with Crippen LogP contribution in [0.4, 0.5) is 4.39 Å². The van der Waals surface area contributed by atoms with Crippen molar-refractivity contribution >= 4 is 10.0 Å². The van der Waals surface area contributed by atoms with Crippen LogP contribution in [0.25, 0.3) is 0 Å². The fourth-order valence-electron chi connectivity index (χ4n) is 1.63. The zero-order valence-corrected chi connectivity index (χ0v) is 11.4. The van der Waals surface area contributed by atoms with E-state index in [1.54, 1.807) is 0 Å². The summed E-state index contributed by atoms with van der Waals surface area (Å²) in [5.74, 6) is -0.657. The Hall–Kier alpha value is -0.980. The first-order valence-corrected chi connectivity index (χ1v) is 7.33. The van der Waals surface area contributed by atoms with E-state index in [0.29, 0.717) is 13.0 Å². The van der Waals surface area contributed by atoms with E-state index in [9.17, 15) is 12.8 Å². The third kappa shape index (κ3) is 3.76. The topological polar surface area (TPSA) is 72.2 Å². The number of halogens is 1. The average Bonchev–Trinajstić information content (AvgIpc) is 2.28. The molecule has 0 saturated carbocycles. The van der Waals surface area contributed by atoms with Gasteiger partial charge in [0.05, 0.1) is 0 Å². The van der Waals surface area contributed by atoms with E-state index in [4.69, 9.17) is 5.73 Å². The monoisotopic (exact) mass is 274 g/mol. The normalized spacial score (nSPS) is 13.8. The zero-order valence-electron chi connectivity index (χ0n) is 10.6. The summed E-state index contributed by atoms with van der Waals surface area (Å²) in [5, 5.41) is 0. The third-order valence-corrected chi connectivity index (χ3v) is 4.24. The van der Waals surface area contributed by atoms with E-state index in [1.165, 1.54) is 18.2 Å². The lowest BCUT2D eigenvalue weighted by atomic mass is 10.0. The van der Waals surface area contributed by atoms with Crippen LogP contribution in [0.3, 0.4) is 0 Å². The van der Waals surface area contributed by atoms with Crippen molar-refractivity contribution in [3.8, 4) is 0 Å². The van der Waals surface area contributed by atoms with Gasteiger partial charge in [0.1, 0.15) is 10.7 Å². The van der Waals surface area contributed by atoms with Crippen LogP contribution >= 0.6 is 0 Å². The molecule has 18 heavy (non-hydrogen) atoms. The van der Waals surface area contributed by atoms with Crippen molar-refractivity contribution in [1.82, 2.24) is 4.72 Å². The fraction of sp³-hybridized carbons (Fsp3) is 0.500. The first kappa shape index (κ1) is 15.1. The highest BCUT2D eigenvalue weighted by Crippen LogP contribution is 2.16. The van der Waals surface area contributed by atoms with Crippen LogP contribution in [0, 0.1) is 11.7 Å². The molecular weight excluding hydrogens is 255 g/mol. The van der Waals surface area contributed by atoms with Gasteiger partial charge in [-0.3, -0.25) is 0 Å². The predicted octanol–water partition coefficient (Wildman–Crippen LogP) is 1.48. The molecule has 0 bridgehead atoms. The van der Waals surface area contributed by atoms with Gasteiger partial charge >= 0.3 is 0 Å². The summed E-state index contributed by atoms with van der Waals surface area (Å²) in [4.78, 5) is -0.326. The first-order chi connectivity index (χ1) is 8.38. The number of rotatable bonds is 6. The zero-order chi connectivity index (χ0) is 13.8. The maximum absolute atomic E-state index is 13.5. The summed E-state index contributed by atoms with van der Waals surface area (Å²) in [6.07, 6.45) is 0.519. The lowest BCUT2D eigenvalue weighted by Crippen LogP contribution is -2.40. The highest BCUT2D eigenvalue weighted by Gasteiger charge is 2.24. The minimum atomic E-state index is -3.84. The van der Waals surface area contributed by atoms with Gasteiger partial charge in [0.15, 0.2) is 0 Å². The van der Waals surface area contributed by atoms with Crippen molar-refractivity contribution in [2.24, 2.45) is 11.7 Å². The lowest BCUT2D eigenvalue weighted by molar-refractivity contribution is 0.427. The van der Waals surface area contributed by atoms with E-state index in [1.807, 2.05) is 13.8 Å². The van der Waals surface area contributed by atoms with Crippen molar-refractivity contribution in [2.45, 2.75) is 31.2 Å². The van der Waals surface area contributed by atoms with Crippen molar-refractivity contribution < 1.29 is 12.8 Å². The summed E-state index contributed by atoms with van der Waals surface area (Å²) in [7, 11) is -3.84. The highest BCUT2D eigenvalue weighted by atomic mass is 32.2. The summed E-state index contributed by atoms with van der Waals surface area (Å²) in [5.41, 5.74) is 5.45. The predicted molar refractivity (Wildman–Crippen MR) is 69.0 cm³/mol. The molecule has 0 fully saturated rings. The van der Waals surface area contributed by atoms with Crippen LogP contribution < -0.4 is 10.5 Å². The number of nitrogens with one attached hydrogen (secondary N) is 1. The van der Waals surface area contributed by atoms with Gasteiger partial charge < -0.3 is 5.73 Å². The standard InChI is InChI=1S/C12H19FN2O2S/c1-9(2)11(7-8-14)15-18(16,17)12-6-4-3-5-10(12)13/h3-6,9,11,15H,7-8,14H2,1-2H3. The Morgan fingerprint density at radius 2 is 1.94 bits per heavy atom. The molecule has 0 heterocycles. The summed E-state index contributed by atoms with van der Waals surface area (Å²) >= 11 is 0. The quantitative estimate of drug-likeness (QED) is 0.825. The molecule has 4 nitrogen and oxygen atoms in total. The molecule has 1 rings (SSSR count). The molecule has 1 aromatic carbocycles. The van der Waals surface area contributed by atoms with Crippen LogP contribution in [-0.4, -0.2) is 21.0 Å². The van der Waals surface area contributed by atoms with Gasteiger partial charge in [0.25, 0.3) is 0 Å². The Morgan fingerprint density at radius 3 is 2.44 bits per heavy atom.